The number of hydrogen-bond donors (Lipinski definition) is 0. The molecule has 4 aliphatic rings. The fourth-order valence-electron chi connectivity index (χ4n) is 5.10. The lowest BCUT2D eigenvalue weighted by Crippen LogP contribution is -2.64. The first kappa shape index (κ1) is 11.7. The van der Waals surface area contributed by atoms with Gasteiger partial charge in [0.15, 0.2) is 0 Å². The van der Waals surface area contributed by atoms with E-state index in [1.165, 1.54) is 69.6 Å². The minimum absolute atomic E-state index is 0.797. The fraction of sp³-hybridized carbons (Fsp3) is 0.933. The summed E-state index contributed by atoms with van der Waals surface area (Å²) in [6.07, 6.45) is 9.74. The Morgan fingerprint density at radius 3 is 2.72 bits per heavy atom. The molecular formula is C15H24N2S. The van der Waals surface area contributed by atoms with Gasteiger partial charge in [-0.05, 0) is 56.9 Å². The highest BCUT2D eigenvalue weighted by atomic mass is 32.1. The number of rotatable bonds is 0. The van der Waals surface area contributed by atoms with E-state index >= 15 is 0 Å². The molecule has 3 heteroatoms. The first-order valence-corrected chi connectivity index (χ1v) is 8.27. The predicted molar refractivity (Wildman–Crippen MR) is 77.8 cm³/mol. The van der Waals surface area contributed by atoms with Crippen LogP contribution in [0.3, 0.4) is 0 Å². The molecule has 0 aromatic heterocycles. The molecule has 0 aromatic carbocycles. The van der Waals surface area contributed by atoms with E-state index in [1.54, 1.807) is 0 Å². The van der Waals surface area contributed by atoms with E-state index in [9.17, 15) is 0 Å². The van der Waals surface area contributed by atoms with E-state index in [2.05, 4.69) is 9.80 Å². The van der Waals surface area contributed by atoms with Crippen molar-refractivity contribution in [2.24, 2.45) is 11.8 Å². The molecule has 0 aromatic rings. The van der Waals surface area contributed by atoms with Gasteiger partial charge in [0, 0.05) is 25.2 Å². The lowest BCUT2D eigenvalue weighted by molar-refractivity contribution is -0.0440. The van der Waals surface area contributed by atoms with Crippen LogP contribution in [-0.4, -0.2) is 46.5 Å². The molecule has 4 saturated heterocycles. The van der Waals surface area contributed by atoms with E-state index in [1.807, 2.05) is 0 Å². The molecule has 0 unspecified atom stereocenters. The quantitative estimate of drug-likeness (QED) is 0.621. The van der Waals surface area contributed by atoms with Gasteiger partial charge in [-0.2, -0.15) is 0 Å². The van der Waals surface area contributed by atoms with Crippen LogP contribution in [0.4, 0.5) is 0 Å². The lowest BCUT2D eigenvalue weighted by Gasteiger charge is -2.57. The first-order chi connectivity index (χ1) is 8.83. The Kier molecular flexibility index (Phi) is 2.88. The maximum absolute atomic E-state index is 5.64. The molecule has 0 N–H and O–H groups in total. The van der Waals surface area contributed by atoms with Gasteiger partial charge in [0.2, 0.25) is 0 Å². The zero-order valence-corrected chi connectivity index (χ0v) is 12.0. The van der Waals surface area contributed by atoms with Crippen molar-refractivity contribution in [3.05, 3.63) is 0 Å². The molecular weight excluding hydrogens is 240 g/mol. The predicted octanol–water partition coefficient (Wildman–Crippen LogP) is 2.67. The van der Waals surface area contributed by atoms with Gasteiger partial charge < -0.3 is 4.90 Å². The molecule has 0 radical (unpaired) electrons. The minimum atomic E-state index is 0.797. The summed E-state index contributed by atoms with van der Waals surface area (Å²) in [4.78, 5) is 6.76. The van der Waals surface area contributed by atoms with Gasteiger partial charge in [-0.25, -0.2) is 0 Å². The van der Waals surface area contributed by atoms with Crippen LogP contribution in [0.15, 0.2) is 0 Å². The molecule has 4 rings (SSSR count). The maximum atomic E-state index is 5.64. The smallest absolute Gasteiger partial charge is 0.0782 e. The Balaban J connectivity index is 1.59. The Hall–Kier alpha value is -0.150. The van der Waals surface area contributed by atoms with Gasteiger partial charge in [-0.1, -0.05) is 18.6 Å². The van der Waals surface area contributed by atoms with Crippen molar-refractivity contribution in [1.82, 2.24) is 9.80 Å². The Bertz CT molecular complexity index is 356. The number of thiocarbonyl (C=S) groups is 1. The topological polar surface area (TPSA) is 6.48 Å². The molecule has 0 amide bonds. The first-order valence-electron chi connectivity index (χ1n) is 7.86. The van der Waals surface area contributed by atoms with Gasteiger partial charge in [-0.15, -0.1) is 0 Å². The highest BCUT2D eigenvalue weighted by Crippen LogP contribution is 2.43. The molecule has 0 spiro atoms. The molecule has 2 bridgehead atoms. The van der Waals surface area contributed by atoms with Crippen LogP contribution >= 0.6 is 12.2 Å². The molecule has 4 heterocycles. The van der Waals surface area contributed by atoms with Crippen molar-refractivity contribution in [2.75, 3.05) is 19.6 Å². The molecule has 2 nitrogen and oxygen atoms in total. The Morgan fingerprint density at radius 2 is 1.78 bits per heavy atom. The third-order valence-corrected chi connectivity index (χ3v) is 6.31. The van der Waals surface area contributed by atoms with Gasteiger partial charge in [0.25, 0.3) is 0 Å². The molecule has 0 aliphatic carbocycles. The third kappa shape index (κ3) is 1.74. The average molecular weight is 264 g/mol. The number of hydrogen-bond acceptors (Lipinski definition) is 2. The second kappa shape index (κ2) is 4.45. The largest absolute Gasteiger partial charge is 0.363 e. The van der Waals surface area contributed by atoms with Crippen LogP contribution in [0.1, 0.15) is 44.9 Å². The summed E-state index contributed by atoms with van der Waals surface area (Å²) in [6, 6.07) is 1.69. The van der Waals surface area contributed by atoms with E-state index in [-0.39, 0.29) is 0 Å². The summed E-state index contributed by atoms with van der Waals surface area (Å²) in [5, 5.41) is 0. The lowest BCUT2D eigenvalue weighted by atomic mass is 9.71. The van der Waals surface area contributed by atoms with Crippen LogP contribution in [0.2, 0.25) is 0 Å². The van der Waals surface area contributed by atoms with Gasteiger partial charge in [0.05, 0.1) is 4.99 Å². The number of nitrogens with zero attached hydrogens (tertiary/aromatic N) is 2. The molecule has 4 fully saturated rings. The summed E-state index contributed by atoms with van der Waals surface area (Å²) in [6.45, 7) is 4.01. The minimum Gasteiger partial charge on any atom is -0.363 e. The van der Waals surface area contributed by atoms with Crippen LogP contribution in [0, 0.1) is 11.8 Å². The summed E-state index contributed by atoms with van der Waals surface area (Å²) in [5.74, 6) is 1.83. The molecule has 4 aliphatic heterocycles. The number of fused-ring (bicyclic) bond motifs is 6. The molecule has 4 atom stereocenters. The van der Waals surface area contributed by atoms with Crippen LogP contribution in [-0.2, 0) is 0 Å². The second-order valence-corrected chi connectivity index (χ2v) is 7.29. The van der Waals surface area contributed by atoms with Gasteiger partial charge in [-0.3, -0.25) is 4.90 Å². The van der Waals surface area contributed by atoms with E-state index in [0.717, 1.165) is 23.9 Å². The zero-order chi connectivity index (χ0) is 12.1. The van der Waals surface area contributed by atoms with E-state index in [0.29, 0.717) is 0 Å². The van der Waals surface area contributed by atoms with E-state index in [4.69, 9.17) is 12.2 Å². The van der Waals surface area contributed by atoms with Crippen LogP contribution in [0.5, 0.6) is 0 Å². The number of piperidine rings is 4. The SMILES string of the molecule is S=C1CCC[C@@H]2[C@H]3C[C@@H](CN12)[C@@H]1CCCCN1C3. The maximum Gasteiger partial charge on any atom is 0.0782 e. The average Bonchev–Trinajstić information content (AvgIpc) is 2.40. The summed E-state index contributed by atoms with van der Waals surface area (Å²) >= 11 is 5.64. The van der Waals surface area contributed by atoms with Crippen molar-refractivity contribution < 1.29 is 0 Å². The molecule has 0 saturated carbocycles. The van der Waals surface area contributed by atoms with Crippen LogP contribution < -0.4 is 0 Å². The Labute approximate surface area is 116 Å². The monoisotopic (exact) mass is 264 g/mol. The summed E-state index contributed by atoms with van der Waals surface area (Å²) in [7, 11) is 0. The Morgan fingerprint density at radius 1 is 0.944 bits per heavy atom. The third-order valence-electron chi connectivity index (χ3n) is 5.87. The van der Waals surface area contributed by atoms with Gasteiger partial charge >= 0.3 is 0 Å². The van der Waals surface area contributed by atoms with E-state index < -0.39 is 0 Å². The molecule has 100 valence electrons. The van der Waals surface area contributed by atoms with Crippen LogP contribution in [0.25, 0.3) is 0 Å². The fourth-order valence-corrected chi connectivity index (χ4v) is 5.46. The van der Waals surface area contributed by atoms with Gasteiger partial charge in [0.1, 0.15) is 0 Å². The van der Waals surface area contributed by atoms with Crippen molar-refractivity contribution in [3.8, 4) is 0 Å². The molecule has 18 heavy (non-hydrogen) atoms. The normalized spacial score (nSPS) is 44.4. The highest BCUT2D eigenvalue weighted by molar-refractivity contribution is 7.80. The van der Waals surface area contributed by atoms with Crippen molar-refractivity contribution in [2.45, 2.75) is 57.0 Å². The summed E-state index contributed by atoms with van der Waals surface area (Å²) < 4.78 is 0. The summed E-state index contributed by atoms with van der Waals surface area (Å²) in [5.41, 5.74) is 0. The van der Waals surface area contributed by atoms with Crippen molar-refractivity contribution >= 4 is 17.2 Å². The standard InChI is InChI=1S/C15H24N2S/c18-15-6-3-5-14-11-8-12(10-17(14)15)13-4-1-2-7-16(13)9-11/h11-14H,1-10H2/t11-,12-,13-,14+/m0/s1. The highest BCUT2D eigenvalue weighted by Gasteiger charge is 2.47. The van der Waals surface area contributed by atoms with Crippen molar-refractivity contribution in [3.63, 3.8) is 0 Å². The zero-order valence-electron chi connectivity index (χ0n) is 11.2. The second-order valence-electron chi connectivity index (χ2n) is 6.82. The van der Waals surface area contributed by atoms with Crippen molar-refractivity contribution in [1.29, 1.82) is 0 Å².